The van der Waals surface area contributed by atoms with Gasteiger partial charge in [0.05, 0.1) is 6.26 Å². The molecule has 0 fully saturated rings. The Morgan fingerprint density at radius 1 is 1.67 bits per heavy atom. The molecule has 0 spiro atoms. The van der Waals surface area contributed by atoms with Gasteiger partial charge in [0.2, 0.25) is 0 Å². The van der Waals surface area contributed by atoms with Crippen LogP contribution in [0.5, 0.6) is 0 Å². The van der Waals surface area contributed by atoms with Crippen molar-refractivity contribution >= 4 is 0 Å². The van der Waals surface area contributed by atoms with E-state index in [0.29, 0.717) is 0 Å². The molecule has 0 bridgehead atoms. The molecule has 0 aromatic carbocycles. The molecule has 1 aliphatic rings. The molecule has 0 aliphatic heterocycles. The number of rotatable bonds is 2. The molecule has 0 atom stereocenters. The molecule has 0 heterocycles. The smallest absolute Gasteiger partial charge is 0.0755 e. The minimum Gasteiger partial charge on any atom is -0.516 e. The van der Waals surface area contributed by atoms with Crippen LogP contribution in [-0.4, -0.2) is 5.11 Å². The lowest BCUT2D eigenvalue weighted by atomic mass is 10.2. The molecule has 9 heavy (non-hydrogen) atoms. The first-order chi connectivity index (χ1) is 4.43. The molecule has 0 unspecified atom stereocenters. The SMILES string of the molecule is OC=CCC1=CCCC1. The van der Waals surface area contributed by atoms with E-state index >= 15 is 0 Å². The summed E-state index contributed by atoms with van der Waals surface area (Å²) < 4.78 is 0. The van der Waals surface area contributed by atoms with E-state index in [1.54, 1.807) is 6.08 Å². The largest absolute Gasteiger partial charge is 0.516 e. The highest BCUT2D eigenvalue weighted by Crippen LogP contribution is 2.20. The van der Waals surface area contributed by atoms with Crippen molar-refractivity contribution in [3.05, 3.63) is 24.0 Å². The van der Waals surface area contributed by atoms with E-state index in [2.05, 4.69) is 6.08 Å². The van der Waals surface area contributed by atoms with Crippen molar-refractivity contribution in [3.63, 3.8) is 0 Å². The Hall–Kier alpha value is -0.720. The molecule has 0 saturated carbocycles. The van der Waals surface area contributed by atoms with Crippen LogP contribution in [0.25, 0.3) is 0 Å². The van der Waals surface area contributed by atoms with Crippen LogP contribution in [-0.2, 0) is 0 Å². The zero-order valence-electron chi connectivity index (χ0n) is 5.51. The monoisotopic (exact) mass is 124 g/mol. The van der Waals surface area contributed by atoms with Crippen LogP contribution in [0, 0.1) is 0 Å². The molecule has 1 N–H and O–H groups in total. The number of allylic oxidation sites excluding steroid dienone is 3. The lowest BCUT2D eigenvalue weighted by Gasteiger charge is -1.91. The molecule has 0 aromatic rings. The summed E-state index contributed by atoms with van der Waals surface area (Å²) in [5.74, 6) is 0. The second-order valence-corrected chi connectivity index (χ2v) is 2.34. The highest BCUT2D eigenvalue weighted by Gasteiger charge is 2.00. The standard InChI is InChI=1S/C8H12O/c9-7-3-6-8-4-1-2-5-8/h3-4,7,9H,1-2,5-6H2. The van der Waals surface area contributed by atoms with Gasteiger partial charge in [0.15, 0.2) is 0 Å². The summed E-state index contributed by atoms with van der Waals surface area (Å²) in [6.07, 6.45) is 9.88. The molecule has 1 nitrogen and oxygen atoms in total. The van der Waals surface area contributed by atoms with Gasteiger partial charge in [0.1, 0.15) is 0 Å². The quantitative estimate of drug-likeness (QED) is 0.443. The summed E-state index contributed by atoms with van der Waals surface area (Å²) in [6.45, 7) is 0. The van der Waals surface area contributed by atoms with Crippen molar-refractivity contribution in [3.8, 4) is 0 Å². The molecule has 1 heteroatoms. The number of aliphatic hydroxyl groups excluding tert-OH is 1. The normalized spacial score (nSPS) is 18.9. The Kier molecular flexibility index (Phi) is 2.37. The fourth-order valence-electron chi connectivity index (χ4n) is 1.13. The van der Waals surface area contributed by atoms with Crippen molar-refractivity contribution in [1.29, 1.82) is 0 Å². The maximum Gasteiger partial charge on any atom is 0.0755 e. The van der Waals surface area contributed by atoms with E-state index in [-0.39, 0.29) is 0 Å². The maximum absolute atomic E-state index is 8.32. The summed E-state index contributed by atoms with van der Waals surface area (Å²) in [7, 11) is 0. The molecule has 1 rings (SSSR count). The van der Waals surface area contributed by atoms with Gasteiger partial charge in [-0.05, 0) is 31.8 Å². The van der Waals surface area contributed by atoms with Crippen LogP contribution in [0.15, 0.2) is 24.0 Å². The van der Waals surface area contributed by atoms with Gasteiger partial charge in [-0.3, -0.25) is 0 Å². The first-order valence-electron chi connectivity index (χ1n) is 3.40. The minimum atomic E-state index is 0.941. The first kappa shape index (κ1) is 6.40. The van der Waals surface area contributed by atoms with E-state index in [1.807, 2.05) is 0 Å². The van der Waals surface area contributed by atoms with Gasteiger partial charge in [-0.15, -0.1) is 0 Å². The van der Waals surface area contributed by atoms with Crippen molar-refractivity contribution in [1.82, 2.24) is 0 Å². The molecule has 0 amide bonds. The fraction of sp³-hybridized carbons (Fsp3) is 0.500. The van der Waals surface area contributed by atoms with Crippen LogP contribution in [0.3, 0.4) is 0 Å². The summed E-state index contributed by atoms with van der Waals surface area (Å²) in [5, 5.41) is 8.32. The first-order valence-corrected chi connectivity index (χ1v) is 3.40. The predicted octanol–water partition coefficient (Wildman–Crippen LogP) is 2.56. The minimum absolute atomic E-state index is 0.941. The lowest BCUT2D eigenvalue weighted by Crippen LogP contribution is -1.72. The van der Waals surface area contributed by atoms with Crippen LogP contribution in [0.1, 0.15) is 25.7 Å². The van der Waals surface area contributed by atoms with Gasteiger partial charge in [-0.2, -0.15) is 0 Å². The predicted molar refractivity (Wildman–Crippen MR) is 38.3 cm³/mol. The number of hydrogen-bond acceptors (Lipinski definition) is 1. The number of hydrogen-bond donors (Lipinski definition) is 1. The Balaban J connectivity index is 2.26. The van der Waals surface area contributed by atoms with Gasteiger partial charge < -0.3 is 5.11 Å². The third kappa shape index (κ3) is 1.92. The summed E-state index contributed by atoms with van der Waals surface area (Å²) in [4.78, 5) is 0. The Morgan fingerprint density at radius 3 is 3.11 bits per heavy atom. The Labute approximate surface area is 55.7 Å². The summed E-state index contributed by atoms with van der Waals surface area (Å²) in [5.41, 5.74) is 1.47. The second-order valence-electron chi connectivity index (χ2n) is 2.34. The van der Waals surface area contributed by atoms with Gasteiger partial charge in [0.25, 0.3) is 0 Å². The van der Waals surface area contributed by atoms with Crippen molar-refractivity contribution in [2.75, 3.05) is 0 Å². The van der Waals surface area contributed by atoms with Crippen LogP contribution in [0.4, 0.5) is 0 Å². The third-order valence-electron chi connectivity index (χ3n) is 1.62. The van der Waals surface area contributed by atoms with E-state index in [9.17, 15) is 0 Å². The summed E-state index contributed by atoms with van der Waals surface area (Å²) >= 11 is 0. The molecule has 0 aromatic heterocycles. The van der Waals surface area contributed by atoms with Crippen LogP contribution < -0.4 is 0 Å². The summed E-state index contributed by atoms with van der Waals surface area (Å²) in [6, 6.07) is 0. The average Bonchev–Trinajstić information content (AvgIpc) is 2.34. The molecule has 0 radical (unpaired) electrons. The van der Waals surface area contributed by atoms with Crippen LogP contribution in [0.2, 0.25) is 0 Å². The van der Waals surface area contributed by atoms with Gasteiger partial charge >= 0.3 is 0 Å². The molecular weight excluding hydrogens is 112 g/mol. The fourth-order valence-corrected chi connectivity index (χ4v) is 1.13. The lowest BCUT2D eigenvalue weighted by molar-refractivity contribution is 0.471. The van der Waals surface area contributed by atoms with E-state index < -0.39 is 0 Å². The molecular formula is C8H12O. The van der Waals surface area contributed by atoms with Crippen molar-refractivity contribution in [2.24, 2.45) is 0 Å². The van der Waals surface area contributed by atoms with E-state index in [1.165, 1.54) is 24.8 Å². The van der Waals surface area contributed by atoms with Crippen molar-refractivity contribution in [2.45, 2.75) is 25.7 Å². The van der Waals surface area contributed by atoms with Gasteiger partial charge in [-0.1, -0.05) is 11.6 Å². The zero-order chi connectivity index (χ0) is 6.53. The Bertz CT molecular complexity index is 134. The topological polar surface area (TPSA) is 20.2 Å². The van der Waals surface area contributed by atoms with Gasteiger partial charge in [0, 0.05) is 0 Å². The zero-order valence-corrected chi connectivity index (χ0v) is 5.51. The highest BCUT2D eigenvalue weighted by molar-refractivity contribution is 5.10. The van der Waals surface area contributed by atoms with Crippen molar-refractivity contribution < 1.29 is 5.11 Å². The molecule has 50 valence electrons. The third-order valence-corrected chi connectivity index (χ3v) is 1.62. The maximum atomic E-state index is 8.32. The number of aliphatic hydroxyl groups is 1. The second kappa shape index (κ2) is 3.33. The average molecular weight is 124 g/mol. The van der Waals surface area contributed by atoms with E-state index in [0.717, 1.165) is 12.7 Å². The van der Waals surface area contributed by atoms with Gasteiger partial charge in [-0.25, -0.2) is 0 Å². The molecule has 0 saturated heterocycles. The molecule has 1 aliphatic carbocycles. The van der Waals surface area contributed by atoms with E-state index in [4.69, 9.17) is 5.11 Å². The Morgan fingerprint density at radius 2 is 2.56 bits per heavy atom. The van der Waals surface area contributed by atoms with Crippen LogP contribution >= 0.6 is 0 Å². The highest BCUT2D eigenvalue weighted by atomic mass is 16.2.